The van der Waals surface area contributed by atoms with Gasteiger partial charge in [-0.3, -0.25) is 10.1 Å². The lowest BCUT2D eigenvalue weighted by Crippen LogP contribution is -2.13. The van der Waals surface area contributed by atoms with E-state index in [2.05, 4.69) is 10.3 Å². The van der Waals surface area contributed by atoms with E-state index in [-0.39, 0.29) is 12.7 Å². The first-order chi connectivity index (χ1) is 17.0. The lowest BCUT2D eigenvalue weighted by atomic mass is 10.0. The minimum Gasteiger partial charge on any atom is -0.454 e. The van der Waals surface area contributed by atoms with Gasteiger partial charge < -0.3 is 9.47 Å². The van der Waals surface area contributed by atoms with Crippen molar-refractivity contribution in [3.8, 4) is 34.0 Å². The summed E-state index contributed by atoms with van der Waals surface area (Å²) < 4.78 is 10.9. The van der Waals surface area contributed by atoms with Gasteiger partial charge in [0.1, 0.15) is 0 Å². The number of hydrogen-bond acceptors (Lipinski definition) is 6. The molecule has 0 unspecified atom stereocenters. The summed E-state index contributed by atoms with van der Waals surface area (Å²) in [7, 11) is 0. The first-order valence-electron chi connectivity index (χ1n) is 10.6. The van der Waals surface area contributed by atoms with Crippen molar-refractivity contribution >= 4 is 56.5 Å². The summed E-state index contributed by atoms with van der Waals surface area (Å²) in [5.41, 5.74) is 4.20. The van der Waals surface area contributed by atoms with Crippen LogP contribution in [0.1, 0.15) is 10.4 Å². The zero-order chi connectivity index (χ0) is 23.9. The van der Waals surface area contributed by atoms with Gasteiger partial charge in [-0.2, -0.15) is 0 Å². The van der Waals surface area contributed by atoms with Crippen LogP contribution in [0.25, 0.3) is 33.4 Å². The van der Waals surface area contributed by atoms with Crippen molar-refractivity contribution in [1.82, 2.24) is 9.97 Å². The van der Waals surface area contributed by atoms with Crippen LogP contribution in [0.4, 0.5) is 5.13 Å². The Morgan fingerprint density at radius 1 is 0.857 bits per heavy atom. The number of carbonyl (C=O) groups is 1. The van der Waals surface area contributed by atoms with Crippen LogP contribution in [-0.2, 0) is 0 Å². The molecule has 0 saturated carbocycles. The zero-order valence-electron chi connectivity index (χ0n) is 17.9. The molecule has 2 aromatic heterocycles. The number of hydrogen-bond donors (Lipinski definition) is 1. The largest absolute Gasteiger partial charge is 0.454 e. The van der Waals surface area contributed by atoms with Crippen LogP contribution in [-0.4, -0.2) is 22.7 Å². The Bertz CT molecular complexity index is 1620. The maximum absolute atomic E-state index is 13.4. The van der Waals surface area contributed by atoms with Gasteiger partial charge in [-0.25, -0.2) is 9.97 Å². The number of aromatic nitrogens is 2. The molecule has 172 valence electrons. The maximum Gasteiger partial charge on any atom is 0.258 e. The Hall–Kier alpha value is -3.65. The number of carbonyl (C=O) groups excluding carboxylic acids is 1. The Labute approximate surface area is 214 Å². The number of thiazole rings is 1. The van der Waals surface area contributed by atoms with Crippen molar-refractivity contribution in [2.45, 2.75) is 0 Å². The fourth-order valence-corrected chi connectivity index (χ4v) is 4.86. The fraction of sp³-hybridized carbons (Fsp3) is 0.0385. The number of ether oxygens (including phenoxy) is 2. The minimum atomic E-state index is -0.277. The van der Waals surface area contributed by atoms with Crippen LogP contribution in [0.15, 0.2) is 72.1 Å². The molecule has 3 aromatic carbocycles. The van der Waals surface area contributed by atoms with Gasteiger partial charge in [0.15, 0.2) is 16.6 Å². The number of para-hydroxylation sites is 1. The molecule has 6 rings (SSSR count). The van der Waals surface area contributed by atoms with Crippen LogP contribution in [0, 0.1) is 0 Å². The maximum atomic E-state index is 13.4. The molecule has 0 atom stereocenters. The van der Waals surface area contributed by atoms with Gasteiger partial charge in [0.05, 0.1) is 32.5 Å². The highest BCUT2D eigenvalue weighted by Crippen LogP contribution is 2.36. The van der Waals surface area contributed by atoms with Crippen molar-refractivity contribution in [2.24, 2.45) is 0 Å². The monoisotopic (exact) mass is 519 g/mol. The van der Waals surface area contributed by atoms with E-state index < -0.39 is 0 Å². The fourth-order valence-electron chi connectivity index (χ4n) is 3.85. The normalized spacial score (nSPS) is 12.2. The van der Waals surface area contributed by atoms with E-state index in [1.807, 2.05) is 53.9 Å². The Morgan fingerprint density at radius 2 is 1.66 bits per heavy atom. The topological polar surface area (TPSA) is 73.3 Å². The molecule has 9 heteroatoms. The number of pyridine rings is 1. The van der Waals surface area contributed by atoms with Gasteiger partial charge in [-0.15, -0.1) is 11.3 Å². The molecule has 0 saturated heterocycles. The molecule has 35 heavy (non-hydrogen) atoms. The van der Waals surface area contributed by atoms with E-state index in [0.717, 1.165) is 16.5 Å². The average Bonchev–Trinajstić information content (AvgIpc) is 3.54. The summed E-state index contributed by atoms with van der Waals surface area (Å²) in [6.45, 7) is 0.190. The summed E-state index contributed by atoms with van der Waals surface area (Å²) in [5.74, 6) is 1.07. The smallest absolute Gasteiger partial charge is 0.258 e. The Balaban J connectivity index is 1.34. The van der Waals surface area contributed by atoms with Crippen molar-refractivity contribution < 1.29 is 14.3 Å². The van der Waals surface area contributed by atoms with E-state index in [4.69, 9.17) is 37.7 Å². The summed E-state index contributed by atoms with van der Waals surface area (Å²) in [5, 5.41) is 6.92. The molecule has 1 amide bonds. The van der Waals surface area contributed by atoms with Gasteiger partial charge in [-0.05, 0) is 42.5 Å². The van der Waals surface area contributed by atoms with E-state index in [0.29, 0.717) is 49.1 Å². The molecular formula is C26H15Cl2N3O3S. The highest BCUT2D eigenvalue weighted by molar-refractivity contribution is 7.14. The summed E-state index contributed by atoms with van der Waals surface area (Å²) >= 11 is 13.5. The van der Waals surface area contributed by atoms with Gasteiger partial charge in [-0.1, -0.05) is 47.5 Å². The molecule has 0 aliphatic carbocycles. The van der Waals surface area contributed by atoms with Crippen LogP contribution in [0.3, 0.4) is 0 Å². The van der Waals surface area contributed by atoms with Crippen LogP contribution in [0.2, 0.25) is 10.0 Å². The predicted octanol–water partition coefficient (Wildman–Crippen LogP) is 7.31. The molecule has 6 nitrogen and oxygen atoms in total. The van der Waals surface area contributed by atoms with E-state index >= 15 is 0 Å². The molecule has 0 radical (unpaired) electrons. The van der Waals surface area contributed by atoms with E-state index in [1.165, 1.54) is 11.3 Å². The number of benzene rings is 3. The first-order valence-corrected chi connectivity index (χ1v) is 12.2. The summed E-state index contributed by atoms with van der Waals surface area (Å²) in [4.78, 5) is 22.7. The average molecular weight is 520 g/mol. The third kappa shape index (κ3) is 4.18. The lowest BCUT2D eigenvalue weighted by Gasteiger charge is -2.10. The van der Waals surface area contributed by atoms with Crippen LogP contribution in [0.5, 0.6) is 11.5 Å². The number of nitrogens with zero attached hydrogens (tertiary/aromatic N) is 2. The highest BCUT2D eigenvalue weighted by atomic mass is 35.5. The standard InChI is InChI=1S/C26H15Cl2N3O3S/c27-18-7-5-14(9-19(18)28)22-12-35-26(30-22)31-25(32)17-11-21(29-20-4-2-1-3-16(17)20)15-6-8-23-24(10-15)34-13-33-23/h1-12H,13H2,(H,30,31,32). The molecule has 0 fully saturated rings. The van der Waals surface area contributed by atoms with E-state index in [1.54, 1.807) is 18.2 Å². The van der Waals surface area contributed by atoms with Crippen LogP contribution >= 0.6 is 34.5 Å². The zero-order valence-corrected chi connectivity index (χ0v) is 20.2. The second kappa shape index (κ2) is 8.85. The Kier molecular flexibility index (Phi) is 5.53. The second-order valence-corrected chi connectivity index (χ2v) is 9.43. The quantitative estimate of drug-likeness (QED) is 0.269. The van der Waals surface area contributed by atoms with Crippen molar-refractivity contribution in [1.29, 1.82) is 0 Å². The van der Waals surface area contributed by atoms with Crippen molar-refractivity contribution in [2.75, 3.05) is 12.1 Å². The summed E-state index contributed by atoms with van der Waals surface area (Å²) in [6.07, 6.45) is 0. The molecule has 1 aliphatic rings. The van der Waals surface area contributed by atoms with Crippen molar-refractivity contribution in [3.05, 3.63) is 87.7 Å². The highest BCUT2D eigenvalue weighted by Gasteiger charge is 2.18. The minimum absolute atomic E-state index is 0.190. The van der Waals surface area contributed by atoms with E-state index in [9.17, 15) is 4.79 Å². The molecule has 0 spiro atoms. The van der Waals surface area contributed by atoms with Gasteiger partial charge in [0.25, 0.3) is 5.91 Å². The van der Waals surface area contributed by atoms with Crippen molar-refractivity contribution in [3.63, 3.8) is 0 Å². The first kappa shape index (κ1) is 21.9. The molecule has 1 N–H and O–H groups in total. The number of fused-ring (bicyclic) bond motifs is 2. The Morgan fingerprint density at radius 3 is 2.54 bits per heavy atom. The third-order valence-corrected chi connectivity index (χ3v) is 7.07. The van der Waals surface area contributed by atoms with Gasteiger partial charge in [0, 0.05) is 21.9 Å². The van der Waals surface area contributed by atoms with Gasteiger partial charge in [0.2, 0.25) is 6.79 Å². The van der Waals surface area contributed by atoms with Crippen LogP contribution < -0.4 is 14.8 Å². The molecule has 5 aromatic rings. The summed E-state index contributed by atoms with van der Waals surface area (Å²) in [6, 6.07) is 20.2. The molecule has 0 bridgehead atoms. The van der Waals surface area contributed by atoms with Gasteiger partial charge >= 0.3 is 0 Å². The number of nitrogens with one attached hydrogen (secondary N) is 1. The number of anilines is 1. The molecule has 3 heterocycles. The number of halogens is 2. The molecular weight excluding hydrogens is 505 g/mol. The third-order valence-electron chi connectivity index (χ3n) is 5.57. The number of rotatable bonds is 4. The lowest BCUT2D eigenvalue weighted by molar-refractivity contribution is 0.102. The predicted molar refractivity (Wildman–Crippen MR) is 139 cm³/mol. The number of amides is 1. The SMILES string of the molecule is O=C(Nc1nc(-c2ccc(Cl)c(Cl)c2)cs1)c1cc(-c2ccc3c(c2)OCO3)nc2ccccc12. The molecule has 1 aliphatic heterocycles. The second-order valence-electron chi connectivity index (χ2n) is 7.76.